The van der Waals surface area contributed by atoms with E-state index in [4.69, 9.17) is 15.7 Å². The molecule has 16 heavy (non-hydrogen) atoms. The Kier molecular flexibility index (Phi) is 5.85. The molecule has 0 saturated heterocycles. The fourth-order valence-electron chi connectivity index (χ4n) is 1.84. The molecule has 94 valence electrons. The second kappa shape index (κ2) is 6.35. The summed E-state index contributed by atoms with van der Waals surface area (Å²) < 4.78 is 4.99. The second-order valence-electron chi connectivity index (χ2n) is 5.04. The number of rotatable bonds is 6. The van der Waals surface area contributed by atoms with E-state index in [-0.39, 0.29) is 5.92 Å². The molecule has 0 fully saturated rings. The van der Waals surface area contributed by atoms with E-state index in [1.165, 1.54) is 6.21 Å². The van der Waals surface area contributed by atoms with Crippen molar-refractivity contribution in [2.24, 2.45) is 22.7 Å². The number of nitrogens with zero attached hydrogens (tertiary/aromatic N) is 1. The molecule has 0 saturated carbocycles. The van der Waals surface area contributed by atoms with Crippen LogP contribution in [0, 0.1) is 11.8 Å². The highest BCUT2D eigenvalue weighted by Gasteiger charge is 2.26. The summed E-state index contributed by atoms with van der Waals surface area (Å²) in [5.41, 5.74) is 4.34. The standard InChI is InChI=1S/C11H22N2O3/c1-8(2)5-9(7-13-15)6-11(3,4)16-10(12)14/h7-9,15H,5-6H2,1-4H3,(H2,12,14). The quantitative estimate of drug-likeness (QED) is 0.417. The number of primary amides is 1. The Balaban J connectivity index is 4.42. The number of ether oxygens (including phenoxy) is 1. The van der Waals surface area contributed by atoms with Crippen molar-refractivity contribution in [1.29, 1.82) is 0 Å². The molecule has 0 radical (unpaired) electrons. The van der Waals surface area contributed by atoms with E-state index in [0.717, 1.165) is 6.42 Å². The molecule has 5 heteroatoms. The average Bonchev–Trinajstić information content (AvgIpc) is 1.98. The minimum atomic E-state index is -0.783. The maximum Gasteiger partial charge on any atom is 0.405 e. The van der Waals surface area contributed by atoms with Crippen LogP contribution in [0.25, 0.3) is 0 Å². The molecule has 5 nitrogen and oxygen atoms in total. The number of hydrogen-bond donors (Lipinski definition) is 2. The highest BCUT2D eigenvalue weighted by Crippen LogP contribution is 2.24. The van der Waals surface area contributed by atoms with Gasteiger partial charge < -0.3 is 15.7 Å². The van der Waals surface area contributed by atoms with Gasteiger partial charge in [-0.25, -0.2) is 4.79 Å². The Morgan fingerprint density at radius 1 is 1.56 bits per heavy atom. The summed E-state index contributed by atoms with van der Waals surface area (Å²) in [4.78, 5) is 10.7. The van der Waals surface area contributed by atoms with Crippen LogP contribution >= 0.6 is 0 Å². The van der Waals surface area contributed by atoms with Gasteiger partial charge in [0.25, 0.3) is 0 Å². The summed E-state index contributed by atoms with van der Waals surface area (Å²) in [5, 5.41) is 11.6. The first-order valence-electron chi connectivity index (χ1n) is 5.43. The van der Waals surface area contributed by atoms with Crippen molar-refractivity contribution >= 4 is 12.3 Å². The molecule has 0 bridgehead atoms. The van der Waals surface area contributed by atoms with Gasteiger partial charge in [0.1, 0.15) is 5.60 Å². The lowest BCUT2D eigenvalue weighted by Crippen LogP contribution is -2.33. The predicted octanol–water partition coefficient (Wildman–Crippen LogP) is 2.37. The van der Waals surface area contributed by atoms with Crippen LogP contribution in [0.2, 0.25) is 0 Å². The van der Waals surface area contributed by atoms with Crippen molar-refractivity contribution < 1.29 is 14.7 Å². The van der Waals surface area contributed by atoms with Crippen molar-refractivity contribution in [3.05, 3.63) is 0 Å². The molecule has 1 unspecified atom stereocenters. The maximum atomic E-state index is 10.7. The van der Waals surface area contributed by atoms with Gasteiger partial charge in [-0.15, -0.1) is 5.16 Å². The Morgan fingerprint density at radius 2 is 2.12 bits per heavy atom. The van der Waals surface area contributed by atoms with E-state index >= 15 is 0 Å². The highest BCUT2D eigenvalue weighted by molar-refractivity contribution is 5.65. The summed E-state index contributed by atoms with van der Waals surface area (Å²) in [6.45, 7) is 7.74. The van der Waals surface area contributed by atoms with E-state index in [9.17, 15) is 4.79 Å². The molecule has 0 aromatic carbocycles. The summed E-state index contributed by atoms with van der Waals surface area (Å²) >= 11 is 0. The summed E-state index contributed by atoms with van der Waals surface area (Å²) in [6, 6.07) is 0. The Bertz CT molecular complexity index is 250. The molecule has 0 heterocycles. The zero-order chi connectivity index (χ0) is 12.8. The summed E-state index contributed by atoms with van der Waals surface area (Å²) in [7, 11) is 0. The van der Waals surface area contributed by atoms with Crippen LogP contribution in [-0.4, -0.2) is 23.1 Å². The van der Waals surface area contributed by atoms with E-state index in [1.807, 2.05) is 0 Å². The minimum absolute atomic E-state index is 0.0688. The lowest BCUT2D eigenvalue weighted by Gasteiger charge is -2.27. The smallest absolute Gasteiger partial charge is 0.405 e. The Labute approximate surface area is 96.6 Å². The molecule has 0 aromatic heterocycles. The van der Waals surface area contributed by atoms with Crippen LogP contribution in [0.5, 0.6) is 0 Å². The van der Waals surface area contributed by atoms with E-state index in [0.29, 0.717) is 12.3 Å². The van der Waals surface area contributed by atoms with Gasteiger partial charge in [-0.2, -0.15) is 0 Å². The fraction of sp³-hybridized carbons (Fsp3) is 0.818. The molecule has 0 aromatic rings. The summed E-state index contributed by atoms with van der Waals surface area (Å²) in [6.07, 6.45) is 2.15. The first kappa shape index (κ1) is 14.7. The van der Waals surface area contributed by atoms with E-state index in [1.54, 1.807) is 13.8 Å². The van der Waals surface area contributed by atoms with Crippen molar-refractivity contribution in [1.82, 2.24) is 0 Å². The maximum absolute atomic E-state index is 10.7. The molecular weight excluding hydrogens is 208 g/mol. The molecule has 3 N–H and O–H groups in total. The van der Waals surface area contributed by atoms with Gasteiger partial charge >= 0.3 is 6.09 Å². The van der Waals surface area contributed by atoms with Crippen LogP contribution in [0.4, 0.5) is 4.79 Å². The molecule has 0 aliphatic heterocycles. The number of carbonyl (C=O) groups is 1. The lowest BCUT2D eigenvalue weighted by atomic mass is 9.88. The van der Waals surface area contributed by atoms with Crippen molar-refractivity contribution in [2.45, 2.75) is 46.1 Å². The highest BCUT2D eigenvalue weighted by atomic mass is 16.6. The fourth-order valence-corrected chi connectivity index (χ4v) is 1.84. The lowest BCUT2D eigenvalue weighted by molar-refractivity contribution is 0.0312. The summed E-state index contributed by atoms with van der Waals surface area (Å²) in [5.74, 6) is 0.548. The van der Waals surface area contributed by atoms with Gasteiger partial charge in [-0.3, -0.25) is 0 Å². The number of hydrogen-bond acceptors (Lipinski definition) is 4. The van der Waals surface area contributed by atoms with Gasteiger partial charge in [0.15, 0.2) is 0 Å². The first-order chi connectivity index (χ1) is 7.26. The van der Waals surface area contributed by atoms with Crippen LogP contribution < -0.4 is 5.73 Å². The van der Waals surface area contributed by atoms with Gasteiger partial charge in [-0.05, 0) is 32.6 Å². The van der Waals surface area contributed by atoms with Crippen LogP contribution in [0.1, 0.15) is 40.5 Å². The Morgan fingerprint density at radius 3 is 2.50 bits per heavy atom. The zero-order valence-corrected chi connectivity index (χ0v) is 10.4. The molecule has 0 aliphatic carbocycles. The molecule has 1 atom stereocenters. The van der Waals surface area contributed by atoms with Gasteiger partial charge in [0.2, 0.25) is 0 Å². The van der Waals surface area contributed by atoms with Crippen molar-refractivity contribution in [3.8, 4) is 0 Å². The molecule has 0 aliphatic rings. The number of oxime groups is 1. The van der Waals surface area contributed by atoms with Crippen molar-refractivity contribution in [2.75, 3.05) is 0 Å². The van der Waals surface area contributed by atoms with E-state index in [2.05, 4.69) is 19.0 Å². The number of nitrogens with two attached hydrogens (primary N) is 1. The average molecular weight is 230 g/mol. The minimum Gasteiger partial charge on any atom is -0.444 e. The van der Waals surface area contributed by atoms with Crippen molar-refractivity contribution in [3.63, 3.8) is 0 Å². The third-order valence-corrected chi connectivity index (χ3v) is 2.18. The SMILES string of the molecule is CC(C)CC(C=NO)CC(C)(C)OC(N)=O. The molecule has 1 amide bonds. The monoisotopic (exact) mass is 230 g/mol. The van der Waals surface area contributed by atoms with Gasteiger partial charge in [0, 0.05) is 12.1 Å². The normalized spacial score (nSPS) is 14.3. The topological polar surface area (TPSA) is 84.9 Å². The molecule has 0 spiro atoms. The predicted molar refractivity (Wildman–Crippen MR) is 62.6 cm³/mol. The number of carbonyl (C=O) groups excluding carboxylic acids is 1. The van der Waals surface area contributed by atoms with Gasteiger partial charge in [-0.1, -0.05) is 13.8 Å². The molecule has 0 rings (SSSR count). The van der Waals surface area contributed by atoms with Crippen LogP contribution in [-0.2, 0) is 4.74 Å². The van der Waals surface area contributed by atoms with E-state index < -0.39 is 11.7 Å². The number of amides is 1. The van der Waals surface area contributed by atoms with Crippen LogP contribution in [0.3, 0.4) is 0 Å². The van der Waals surface area contributed by atoms with Gasteiger partial charge in [0.05, 0.1) is 0 Å². The Hall–Kier alpha value is -1.26. The van der Waals surface area contributed by atoms with Crippen LogP contribution in [0.15, 0.2) is 5.16 Å². The first-order valence-corrected chi connectivity index (χ1v) is 5.43. The third-order valence-electron chi connectivity index (χ3n) is 2.18. The third kappa shape index (κ3) is 7.09. The molecular formula is C11H22N2O3. The second-order valence-corrected chi connectivity index (χ2v) is 5.04. The largest absolute Gasteiger partial charge is 0.444 e. The zero-order valence-electron chi connectivity index (χ0n) is 10.4.